The third-order valence-corrected chi connectivity index (χ3v) is 3.54. The maximum Gasteiger partial charge on any atom is 0.149 e. The van der Waals surface area contributed by atoms with Gasteiger partial charge in [-0.25, -0.2) is 4.98 Å². The average molecular weight is 254 g/mol. The van der Waals surface area contributed by atoms with Gasteiger partial charge in [-0.3, -0.25) is 0 Å². The lowest BCUT2D eigenvalue weighted by Crippen LogP contribution is -1.96. The molecule has 19 heavy (non-hydrogen) atoms. The molecule has 3 rings (SSSR count). The first-order chi connectivity index (χ1) is 9.15. The number of ether oxygens (including phenoxy) is 1. The number of anilines is 1. The predicted octanol–water partition coefficient (Wildman–Crippen LogP) is 3.39. The molecule has 0 bridgehead atoms. The van der Waals surface area contributed by atoms with Crippen molar-refractivity contribution in [3.8, 4) is 17.0 Å². The Bertz CT molecular complexity index is 603. The van der Waals surface area contributed by atoms with Crippen LogP contribution in [0.1, 0.15) is 30.9 Å². The van der Waals surface area contributed by atoms with E-state index in [-0.39, 0.29) is 0 Å². The first-order valence-electron chi connectivity index (χ1n) is 6.67. The van der Waals surface area contributed by atoms with E-state index in [1.165, 1.54) is 5.56 Å². The molecule has 0 atom stereocenters. The summed E-state index contributed by atoms with van der Waals surface area (Å²) in [6.45, 7) is 5.10. The molecule has 0 amide bonds. The van der Waals surface area contributed by atoms with Crippen molar-refractivity contribution in [2.45, 2.75) is 26.2 Å². The molecule has 2 N–H and O–H groups in total. The van der Waals surface area contributed by atoms with E-state index in [1.807, 2.05) is 6.07 Å². The fourth-order valence-electron chi connectivity index (χ4n) is 2.44. The van der Waals surface area contributed by atoms with Gasteiger partial charge in [0.1, 0.15) is 17.3 Å². The maximum atomic E-state index is 5.88. The van der Waals surface area contributed by atoms with Crippen molar-refractivity contribution in [1.29, 1.82) is 0 Å². The van der Waals surface area contributed by atoms with Gasteiger partial charge in [0.15, 0.2) is 0 Å². The Morgan fingerprint density at radius 1 is 1.21 bits per heavy atom. The van der Waals surface area contributed by atoms with E-state index in [4.69, 9.17) is 10.5 Å². The van der Waals surface area contributed by atoms with Gasteiger partial charge in [-0.1, -0.05) is 38.1 Å². The molecule has 0 radical (unpaired) electrons. The molecule has 2 heterocycles. The van der Waals surface area contributed by atoms with E-state index < -0.39 is 0 Å². The van der Waals surface area contributed by atoms with Gasteiger partial charge in [0.2, 0.25) is 0 Å². The highest BCUT2D eigenvalue weighted by molar-refractivity contribution is 5.71. The highest BCUT2D eigenvalue weighted by atomic mass is 16.5. The number of nitrogens with two attached hydrogens (primary N) is 1. The Kier molecular flexibility index (Phi) is 2.90. The summed E-state index contributed by atoms with van der Waals surface area (Å²) in [7, 11) is 0. The summed E-state index contributed by atoms with van der Waals surface area (Å²) in [5.74, 6) is 1.99. The van der Waals surface area contributed by atoms with Crippen molar-refractivity contribution in [3.63, 3.8) is 0 Å². The zero-order valence-corrected chi connectivity index (χ0v) is 11.3. The number of hydrogen-bond donors (Lipinski definition) is 1. The Morgan fingerprint density at radius 2 is 1.95 bits per heavy atom. The van der Waals surface area contributed by atoms with Crippen molar-refractivity contribution in [3.05, 3.63) is 41.5 Å². The van der Waals surface area contributed by atoms with Gasteiger partial charge in [0, 0.05) is 17.5 Å². The van der Waals surface area contributed by atoms with Crippen LogP contribution in [0.15, 0.2) is 30.3 Å². The second kappa shape index (κ2) is 4.57. The zero-order valence-electron chi connectivity index (χ0n) is 11.3. The standard InChI is InChI=1S/C16H18N2O/c1-10(2)11-3-5-12(6-4-11)15-16-13(7-8-19-16)9-14(17)18-15/h3-6,9-10H,7-8H2,1-2H3,(H2,17,18). The zero-order chi connectivity index (χ0) is 13.4. The van der Waals surface area contributed by atoms with Crippen LogP contribution in [0.3, 0.4) is 0 Å². The van der Waals surface area contributed by atoms with Crippen LogP contribution in [0.25, 0.3) is 11.3 Å². The predicted molar refractivity (Wildman–Crippen MR) is 77.4 cm³/mol. The van der Waals surface area contributed by atoms with Crippen molar-refractivity contribution in [2.24, 2.45) is 0 Å². The number of nitrogens with zero attached hydrogens (tertiary/aromatic N) is 1. The molecule has 3 nitrogen and oxygen atoms in total. The molecular formula is C16H18N2O. The van der Waals surface area contributed by atoms with Gasteiger partial charge in [-0.2, -0.15) is 0 Å². The van der Waals surface area contributed by atoms with Crippen LogP contribution in [0.2, 0.25) is 0 Å². The summed E-state index contributed by atoms with van der Waals surface area (Å²) in [6, 6.07) is 10.4. The van der Waals surface area contributed by atoms with Crippen molar-refractivity contribution < 1.29 is 4.74 Å². The van der Waals surface area contributed by atoms with Gasteiger partial charge >= 0.3 is 0 Å². The molecule has 1 aromatic carbocycles. The molecule has 0 saturated heterocycles. The van der Waals surface area contributed by atoms with E-state index in [1.54, 1.807) is 0 Å². The summed E-state index contributed by atoms with van der Waals surface area (Å²) < 4.78 is 5.70. The van der Waals surface area contributed by atoms with Gasteiger partial charge in [-0.05, 0) is 17.5 Å². The van der Waals surface area contributed by atoms with Crippen LogP contribution in [0, 0.1) is 0 Å². The van der Waals surface area contributed by atoms with Gasteiger partial charge in [0.05, 0.1) is 6.61 Å². The highest BCUT2D eigenvalue weighted by Gasteiger charge is 2.19. The number of hydrogen-bond acceptors (Lipinski definition) is 3. The molecule has 0 fully saturated rings. The van der Waals surface area contributed by atoms with E-state index in [0.717, 1.165) is 35.6 Å². The molecule has 1 aliphatic heterocycles. The number of aromatic nitrogens is 1. The largest absolute Gasteiger partial charge is 0.491 e. The summed E-state index contributed by atoms with van der Waals surface area (Å²) in [4.78, 5) is 4.44. The summed E-state index contributed by atoms with van der Waals surface area (Å²) in [5.41, 5.74) is 10.3. The third-order valence-electron chi connectivity index (χ3n) is 3.54. The first kappa shape index (κ1) is 12.0. The minimum Gasteiger partial charge on any atom is -0.491 e. The Balaban J connectivity index is 2.07. The molecular weight excluding hydrogens is 236 g/mol. The number of fused-ring (bicyclic) bond motifs is 1. The minimum absolute atomic E-state index is 0.532. The molecule has 0 saturated carbocycles. The van der Waals surface area contributed by atoms with E-state index >= 15 is 0 Å². The van der Waals surface area contributed by atoms with E-state index in [2.05, 4.69) is 43.1 Å². The summed E-state index contributed by atoms with van der Waals surface area (Å²) in [6.07, 6.45) is 0.916. The smallest absolute Gasteiger partial charge is 0.149 e. The fraction of sp³-hybridized carbons (Fsp3) is 0.312. The number of nitrogen functional groups attached to an aromatic ring is 1. The van der Waals surface area contributed by atoms with Crippen LogP contribution in [-0.4, -0.2) is 11.6 Å². The van der Waals surface area contributed by atoms with Crippen molar-refractivity contribution in [2.75, 3.05) is 12.3 Å². The molecule has 2 aromatic rings. The molecule has 0 spiro atoms. The highest BCUT2D eigenvalue weighted by Crippen LogP contribution is 2.36. The Hall–Kier alpha value is -2.03. The number of benzene rings is 1. The normalized spacial score (nSPS) is 13.4. The second-order valence-electron chi connectivity index (χ2n) is 5.26. The van der Waals surface area contributed by atoms with Crippen LogP contribution in [0.5, 0.6) is 5.75 Å². The third kappa shape index (κ3) is 2.16. The number of pyridine rings is 1. The second-order valence-corrected chi connectivity index (χ2v) is 5.26. The average Bonchev–Trinajstić information content (AvgIpc) is 2.85. The Morgan fingerprint density at radius 3 is 2.63 bits per heavy atom. The topological polar surface area (TPSA) is 48.1 Å². The minimum atomic E-state index is 0.532. The lowest BCUT2D eigenvalue weighted by atomic mass is 10.00. The van der Waals surface area contributed by atoms with E-state index in [0.29, 0.717) is 11.7 Å². The van der Waals surface area contributed by atoms with Crippen LogP contribution in [-0.2, 0) is 6.42 Å². The molecule has 3 heteroatoms. The molecule has 0 aliphatic carbocycles. The summed E-state index contributed by atoms with van der Waals surface area (Å²) in [5, 5.41) is 0. The summed E-state index contributed by atoms with van der Waals surface area (Å²) >= 11 is 0. The molecule has 0 unspecified atom stereocenters. The lowest BCUT2D eigenvalue weighted by Gasteiger charge is -2.10. The SMILES string of the molecule is CC(C)c1ccc(-c2nc(N)cc3c2OCC3)cc1. The van der Waals surface area contributed by atoms with Crippen molar-refractivity contribution in [1.82, 2.24) is 4.98 Å². The van der Waals surface area contributed by atoms with Crippen molar-refractivity contribution >= 4 is 5.82 Å². The maximum absolute atomic E-state index is 5.88. The van der Waals surface area contributed by atoms with Gasteiger partial charge < -0.3 is 10.5 Å². The van der Waals surface area contributed by atoms with Crippen LogP contribution in [0.4, 0.5) is 5.82 Å². The quantitative estimate of drug-likeness (QED) is 0.893. The fourth-order valence-corrected chi connectivity index (χ4v) is 2.44. The number of rotatable bonds is 2. The lowest BCUT2D eigenvalue weighted by molar-refractivity contribution is 0.357. The van der Waals surface area contributed by atoms with Crippen LogP contribution < -0.4 is 10.5 Å². The van der Waals surface area contributed by atoms with Crippen LogP contribution >= 0.6 is 0 Å². The molecule has 1 aromatic heterocycles. The van der Waals surface area contributed by atoms with E-state index in [9.17, 15) is 0 Å². The first-order valence-corrected chi connectivity index (χ1v) is 6.67. The molecule has 98 valence electrons. The monoisotopic (exact) mass is 254 g/mol. The van der Waals surface area contributed by atoms with Gasteiger partial charge in [0.25, 0.3) is 0 Å². The Labute approximate surface area is 113 Å². The molecule has 1 aliphatic rings. The van der Waals surface area contributed by atoms with Gasteiger partial charge in [-0.15, -0.1) is 0 Å².